The molecule has 0 bridgehead atoms. The number of ether oxygens (including phenoxy) is 1. The summed E-state index contributed by atoms with van der Waals surface area (Å²) in [4.78, 5) is 11.9. The molecule has 4 nitrogen and oxygen atoms in total. The molecule has 0 fully saturated rings. The lowest BCUT2D eigenvalue weighted by atomic mass is 10.1. The number of benzene rings is 2. The van der Waals surface area contributed by atoms with Gasteiger partial charge in [0.2, 0.25) is 0 Å². The number of carboxylic acids is 1. The molecule has 1 N–H and O–H groups in total. The Labute approximate surface area is 124 Å². The number of rotatable bonds is 7. The molecule has 0 amide bonds. The number of carboxylic acid groups (broad SMARTS) is 1. The zero-order chi connectivity index (χ0) is 15.1. The second-order valence-corrected chi connectivity index (χ2v) is 4.95. The molecule has 2 aromatic carbocycles. The molecule has 0 saturated carbocycles. The Hall–Kier alpha value is -2.33. The largest absolute Gasteiger partial charge is 0.544 e. The minimum absolute atomic E-state index is 0.0348. The van der Waals surface area contributed by atoms with Crippen LogP contribution in [0.4, 0.5) is 0 Å². The highest BCUT2D eigenvalue weighted by Gasteiger charge is 2.13. The highest BCUT2D eigenvalue weighted by molar-refractivity contribution is 5.65. The van der Waals surface area contributed by atoms with Gasteiger partial charge in [-0.3, -0.25) is 0 Å². The standard InChI is InChI=1S/C17H19NO3/c1-21-16-10-6-5-9-15(16)12-18(13-17(19)20)11-14-7-3-2-4-8-14/h2-10H,11-13H2,1H3,(H,19,20). The topological polar surface area (TPSA) is 53.8 Å². The lowest BCUT2D eigenvalue weighted by molar-refractivity contribution is -0.922. The van der Waals surface area contributed by atoms with E-state index in [2.05, 4.69) is 0 Å². The zero-order valence-electron chi connectivity index (χ0n) is 12.0. The highest BCUT2D eigenvalue weighted by atomic mass is 16.5. The predicted octanol–water partition coefficient (Wildman–Crippen LogP) is 0.0302. The lowest BCUT2D eigenvalue weighted by Crippen LogP contribution is -3.10. The Bertz CT molecular complexity index is 584. The van der Waals surface area contributed by atoms with Gasteiger partial charge in [-0.05, 0) is 12.1 Å². The first-order valence-corrected chi connectivity index (χ1v) is 6.88. The first kappa shape index (κ1) is 15.1. The van der Waals surface area contributed by atoms with Crippen LogP contribution in [-0.4, -0.2) is 19.6 Å². The van der Waals surface area contributed by atoms with Crippen LogP contribution < -0.4 is 14.7 Å². The quantitative estimate of drug-likeness (QED) is 0.781. The molecule has 21 heavy (non-hydrogen) atoms. The molecule has 0 aromatic heterocycles. The van der Waals surface area contributed by atoms with Crippen molar-refractivity contribution in [3.63, 3.8) is 0 Å². The molecule has 1 atom stereocenters. The van der Waals surface area contributed by atoms with E-state index >= 15 is 0 Å². The number of methoxy groups -OCH3 is 1. The molecule has 0 radical (unpaired) electrons. The number of aliphatic carboxylic acids is 1. The van der Waals surface area contributed by atoms with Crippen molar-refractivity contribution < 1.29 is 19.5 Å². The van der Waals surface area contributed by atoms with E-state index in [-0.39, 0.29) is 6.54 Å². The summed E-state index contributed by atoms with van der Waals surface area (Å²) in [5.41, 5.74) is 2.09. The number of nitrogens with one attached hydrogen (secondary N) is 1. The Morgan fingerprint density at radius 2 is 1.71 bits per heavy atom. The van der Waals surface area contributed by atoms with Crippen LogP contribution in [0.2, 0.25) is 0 Å². The average molecular weight is 285 g/mol. The van der Waals surface area contributed by atoms with E-state index in [1.54, 1.807) is 7.11 Å². The van der Waals surface area contributed by atoms with Crippen molar-refractivity contribution in [3.05, 3.63) is 65.7 Å². The minimum atomic E-state index is -1.05. The van der Waals surface area contributed by atoms with Crippen molar-refractivity contribution >= 4 is 5.97 Å². The molecule has 110 valence electrons. The zero-order valence-corrected chi connectivity index (χ0v) is 12.0. The molecule has 1 unspecified atom stereocenters. The molecule has 0 aliphatic heterocycles. The number of para-hydroxylation sites is 1. The normalized spacial score (nSPS) is 11.9. The van der Waals surface area contributed by atoms with E-state index < -0.39 is 5.97 Å². The van der Waals surface area contributed by atoms with Gasteiger partial charge in [-0.1, -0.05) is 42.5 Å². The fraction of sp³-hybridized carbons (Fsp3) is 0.235. The maximum Gasteiger partial charge on any atom is 0.127 e. The third-order valence-electron chi connectivity index (χ3n) is 3.32. The van der Waals surface area contributed by atoms with Gasteiger partial charge in [-0.2, -0.15) is 0 Å². The number of hydrogen-bond donors (Lipinski definition) is 1. The molecule has 2 rings (SSSR count). The van der Waals surface area contributed by atoms with Gasteiger partial charge in [0, 0.05) is 11.1 Å². The number of carbonyl (C=O) groups excluding carboxylic acids is 1. The van der Waals surface area contributed by atoms with Gasteiger partial charge >= 0.3 is 0 Å². The summed E-state index contributed by atoms with van der Waals surface area (Å²) in [5, 5.41) is 11.0. The summed E-state index contributed by atoms with van der Waals surface area (Å²) >= 11 is 0. The smallest absolute Gasteiger partial charge is 0.127 e. The Morgan fingerprint density at radius 3 is 2.38 bits per heavy atom. The molecule has 0 aliphatic carbocycles. The van der Waals surface area contributed by atoms with Crippen molar-refractivity contribution in [1.29, 1.82) is 0 Å². The van der Waals surface area contributed by atoms with Crippen LogP contribution in [0.25, 0.3) is 0 Å². The maximum absolute atomic E-state index is 11.0. The second kappa shape index (κ2) is 7.45. The van der Waals surface area contributed by atoms with Gasteiger partial charge in [0.15, 0.2) is 0 Å². The van der Waals surface area contributed by atoms with Crippen LogP contribution in [0, 0.1) is 0 Å². The summed E-state index contributed by atoms with van der Waals surface area (Å²) in [6, 6.07) is 17.5. The number of hydrogen-bond acceptors (Lipinski definition) is 3. The van der Waals surface area contributed by atoms with Crippen LogP contribution in [0.15, 0.2) is 54.6 Å². The van der Waals surface area contributed by atoms with Crippen molar-refractivity contribution in [1.82, 2.24) is 0 Å². The Kier molecular flexibility index (Phi) is 5.35. The number of carbonyl (C=O) groups is 1. The first-order chi connectivity index (χ1) is 10.2. The monoisotopic (exact) mass is 285 g/mol. The molecule has 0 saturated heterocycles. The summed E-state index contributed by atoms with van der Waals surface area (Å²) in [5.74, 6) is -0.266. The third-order valence-corrected chi connectivity index (χ3v) is 3.32. The van der Waals surface area contributed by atoms with Gasteiger partial charge < -0.3 is 19.5 Å². The van der Waals surface area contributed by atoms with E-state index in [4.69, 9.17) is 4.74 Å². The van der Waals surface area contributed by atoms with Crippen molar-refractivity contribution in [2.45, 2.75) is 13.1 Å². The lowest BCUT2D eigenvalue weighted by Gasteiger charge is -2.21. The molecule has 0 heterocycles. The minimum Gasteiger partial charge on any atom is -0.544 e. The molecule has 0 aliphatic rings. The van der Waals surface area contributed by atoms with Crippen LogP contribution in [0.3, 0.4) is 0 Å². The molecule has 2 aromatic rings. The van der Waals surface area contributed by atoms with E-state index in [9.17, 15) is 9.90 Å². The van der Waals surface area contributed by atoms with Crippen LogP contribution in [-0.2, 0) is 17.9 Å². The average Bonchev–Trinajstić information content (AvgIpc) is 2.48. The third kappa shape index (κ3) is 4.61. The molecule has 4 heteroatoms. The van der Waals surface area contributed by atoms with Gasteiger partial charge in [0.05, 0.1) is 13.1 Å². The Morgan fingerprint density at radius 1 is 1.05 bits per heavy atom. The van der Waals surface area contributed by atoms with Gasteiger partial charge in [-0.15, -0.1) is 0 Å². The van der Waals surface area contributed by atoms with E-state index in [1.807, 2.05) is 54.6 Å². The van der Waals surface area contributed by atoms with Crippen LogP contribution in [0.5, 0.6) is 5.75 Å². The van der Waals surface area contributed by atoms with Crippen molar-refractivity contribution in [2.75, 3.05) is 13.7 Å². The maximum atomic E-state index is 11.0. The van der Waals surface area contributed by atoms with Gasteiger partial charge in [-0.25, -0.2) is 0 Å². The Balaban J connectivity index is 2.14. The SMILES string of the molecule is COc1ccccc1C[NH+](CC(=O)[O-])Cc1ccccc1. The predicted molar refractivity (Wildman–Crippen MR) is 77.7 cm³/mol. The van der Waals surface area contributed by atoms with E-state index in [1.165, 1.54) is 0 Å². The van der Waals surface area contributed by atoms with Crippen molar-refractivity contribution in [3.8, 4) is 5.75 Å². The van der Waals surface area contributed by atoms with Crippen LogP contribution in [0.1, 0.15) is 11.1 Å². The summed E-state index contributed by atoms with van der Waals surface area (Å²) < 4.78 is 5.33. The molecular weight excluding hydrogens is 266 g/mol. The molecule has 0 spiro atoms. The van der Waals surface area contributed by atoms with Crippen LogP contribution >= 0.6 is 0 Å². The fourth-order valence-corrected chi connectivity index (χ4v) is 2.39. The molecular formula is C17H19NO3. The first-order valence-electron chi connectivity index (χ1n) is 6.88. The summed E-state index contributed by atoms with van der Waals surface area (Å²) in [7, 11) is 1.62. The van der Waals surface area contributed by atoms with Gasteiger partial charge in [0.1, 0.15) is 25.4 Å². The van der Waals surface area contributed by atoms with E-state index in [0.29, 0.717) is 13.1 Å². The number of quaternary nitrogens is 1. The summed E-state index contributed by atoms with van der Waals surface area (Å²) in [6.07, 6.45) is 0. The second-order valence-electron chi connectivity index (χ2n) is 4.95. The van der Waals surface area contributed by atoms with Gasteiger partial charge in [0.25, 0.3) is 0 Å². The van der Waals surface area contributed by atoms with E-state index in [0.717, 1.165) is 21.8 Å². The highest BCUT2D eigenvalue weighted by Crippen LogP contribution is 2.15. The fourth-order valence-electron chi connectivity index (χ4n) is 2.39. The van der Waals surface area contributed by atoms with Crippen molar-refractivity contribution in [2.24, 2.45) is 0 Å². The summed E-state index contributed by atoms with van der Waals surface area (Å²) in [6.45, 7) is 1.17.